The lowest BCUT2D eigenvalue weighted by atomic mass is 10.2. The van der Waals surface area contributed by atoms with Gasteiger partial charge in [0.2, 0.25) is 5.91 Å². The van der Waals surface area contributed by atoms with E-state index >= 15 is 0 Å². The Hall–Kier alpha value is -1.89. The zero-order chi connectivity index (χ0) is 18.6. The van der Waals surface area contributed by atoms with Gasteiger partial charge in [-0.1, -0.05) is 54.2 Å². The summed E-state index contributed by atoms with van der Waals surface area (Å²) in [7, 11) is 0. The first-order chi connectivity index (χ1) is 13.2. The summed E-state index contributed by atoms with van der Waals surface area (Å²) in [6, 6.07) is 18.7. The average Bonchev–Trinajstić information content (AvgIpc) is 3.11. The average molecular weight is 398 g/mol. The van der Waals surface area contributed by atoms with Gasteiger partial charge in [0, 0.05) is 32.7 Å². The maximum atomic E-state index is 12.8. The lowest BCUT2D eigenvalue weighted by Gasteiger charge is -2.35. The molecule has 0 bridgehead atoms. The summed E-state index contributed by atoms with van der Waals surface area (Å²) in [6.07, 6.45) is 0. The van der Waals surface area contributed by atoms with E-state index in [0.717, 1.165) is 42.6 Å². The van der Waals surface area contributed by atoms with Crippen molar-refractivity contribution in [3.8, 4) is 0 Å². The van der Waals surface area contributed by atoms with Crippen LogP contribution in [0.5, 0.6) is 0 Å². The second-order valence-corrected chi connectivity index (χ2v) is 9.41. The van der Waals surface area contributed by atoms with Gasteiger partial charge in [0.15, 0.2) is 4.34 Å². The molecule has 0 saturated carbocycles. The lowest BCUT2D eigenvalue weighted by Crippen LogP contribution is -2.50. The molecule has 1 saturated heterocycles. The highest BCUT2D eigenvalue weighted by molar-refractivity contribution is 8.02. The van der Waals surface area contributed by atoms with Crippen molar-refractivity contribution < 1.29 is 4.79 Å². The maximum Gasteiger partial charge on any atom is 0.235 e. The van der Waals surface area contributed by atoms with E-state index in [9.17, 15) is 4.79 Å². The molecule has 3 aromatic rings. The number of piperazine rings is 1. The smallest absolute Gasteiger partial charge is 0.235 e. The Labute approximate surface area is 168 Å². The Morgan fingerprint density at radius 1 is 1.07 bits per heavy atom. The van der Waals surface area contributed by atoms with Crippen molar-refractivity contribution in [2.45, 2.75) is 23.1 Å². The van der Waals surface area contributed by atoms with E-state index in [1.807, 2.05) is 36.1 Å². The molecule has 1 aliphatic heterocycles. The third-order valence-electron chi connectivity index (χ3n) is 4.83. The molecule has 6 heteroatoms. The van der Waals surface area contributed by atoms with Crippen molar-refractivity contribution in [3.63, 3.8) is 0 Å². The van der Waals surface area contributed by atoms with Crippen LogP contribution in [-0.2, 0) is 11.3 Å². The third kappa shape index (κ3) is 4.51. The van der Waals surface area contributed by atoms with Gasteiger partial charge in [0.05, 0.1) is 15.5 Å². The van der Waals surface area contributed by atoms with Crippen LogP contribution in [-0.4, -0.2) is 52.1 Å². The quantitative estimate of drug-likeness (QED) is 0.607. The summed E-state index contributed by atoms with van der Waals surface area (Å²) >= 11 is 3.24. The van der Waals surface area contributed by atoms with Crippen molar-refractivity contribution in [2.75, 3.05) is 26.2 Å². The van der Waals surface area contributed by atoms with Crippen molar-refractivity contribution >= 4 is 39.2 Å². The Morgan fingerprint density at radius 3 is 2.52 bits per heavy atom. The van der Waals surface area contributed by atoms with Gasteiger partial charge in [0.25, 0.3) is 0 Å². The number of thiazole rings is 1. The number of hydrogen-bond acceptors (Lipinski definition) is 5. The Balaban J connectivity index is 1.30. The number of amides is 1. The predicted molar refractivity (Wildman–Crippen MR) is 113 cm³/mol. The molecule has 27 heavy (non-hydrogen) atoms. The second kappa shape index (κ2) is 8.42. The summed E-state index contributed by atoms with van der Waals surface area (Å²) in [5.41, 5.74) is 2.34. The molecular weight excluding hydrogens is 374 g/mol. The number of thioether (sulfide) groups is 1. The topological polar surface area (TPSA) is 36.4 Å². The van der Waals surface area contributed by atoms with Gasteiger partial charge in [-0.3, -0.25) is 9.69 Å². The van der Waals surface area contributed by atoms with E-state index in [0.29, 0.717) is 0 Å². The van der Waals surface area contributed by atoms with Gasteiger partial charge in [0.1, 0.15) is 0 Å². The van der Waals surface area contributed by atoms with Gasteiger partial charge < -0.3 is 4.90 Å². The van der Waals surface area contributed by atoms with Crippen molar-refractivity contribution in [2.24, 2.45) is 0 Å². The number of nitrogens with zero attached hydrogens (tertiary/aromatic N) is 3. The van der Waals surface area contributed by atoms with Gasteiger partial charge in [-0.2, -0.15) is 0 Å². The first-order valence-corrected chi connectivity index (χ1v) is 11.0. The summed E-state index contributed by atoms with van der Waals surface area (Å²) in [4.78, 5) is 21.9. The van der Waals surface area contributed by atoms with E-state index in [1.165, 1.54) is 10.3 Å². The Bertz CT molecular complexity index is 871. The van der Waals surface area contributed by atoms with Gasteiger partial charge in [-0.05, 0) is 24.6 Å². The summed E-state index contributed by atoms with van der Waals surface area (Å²) in [5, 5.41) is -0.105. The van der Waals surface area contributed by atoms with E-state index in [-0.39, 0.29) is 11.2 Å². The molecule has 2 heterocycles. The zero-order valence-corrected chi connectivity index (χ0v) is 17.0. The highest BCUT2D eigenvalue weighted by Crippen LogP contribution is 2.32. The highest BCUT2D eigenvalue weighted by atomic mass is 32.2. The monoisotopic (exact) mass is 397 g/mol. The molecule has 2 aromatic carbocycles. The molecule has 1 aromatic heterocycles. The molecule has 4 nitrogen and oxygen atoms in total. The maximum absolute atomic E-state index is 12.8. The third-order valence-corrected chi connectivity index (χ3v) is 7.05. The van der Waals surface area contributed by atoms with Crippen LogP contribution in [0.1, 0.15) is 12.5 Å². The summed E-state index contributed by atoms with van der Waals surface area (Å²) < 4.78 is 2.15. The minimum absolute atomic E-state index is 0.105. The molecule has 1 aliphatic rings. The van der Waals surface area contributed by atoms with Gasteiger partial charge in [-0.15, -0.1) is 11.3 Å². The minimum Gasteiger partial charge on any atom is -0.339 e. The van der Waals surface area contributed by atoms with E-state index in [2.05, 4.69) is 40.2 Å². The van der Waals surface area contributed by atoms with Crippen molar-refractivity contribution in [1.82, 2.24) is 14.8 Å². The largest absolute Gasteiger partial charge is 0.339 e. The lowest BCUT2D eigenvalue weighted by molar-refractivity contribution is -0.132. The molecule has 0 N–H and O–H groups in total. The number of aromatic nitrogens is 1. The number of carbonyl (C=O) groups excluding carboxylic acids is 1. The van der Waals surface area contributed by atoms with E-state index < -0.39 is 0 Å². The molecule has 1 amide bonds. The Kier molecular flexibility index (Phi) is 5.76. The number of rotatable bonds is 5. The fraction of sp³-hybridized carbons (Fsp3) is 0.333. The SMILES string of the molecule is C[C@H](Sc1nc2ccccc2s1)C(=O)N1CCN(Cc2ccccc2)CC1. The van der Waals surface area contributed by atoms with Crippen molar-refractivity contribution in [1.29, 1.82) is 0 Å². The normalized spacial score (nSPS) is 16.6. The minimum atomic E-state index is -0.105. The predicted octanol–water partition coefficient (Wildman–Crippen LogP) is 4.12. The molecule has 0 spiro atoms. The first-order valence-electron chi connectivity index (χ1n) is 9.26. The number of para-hydroxylation sites is 1. The molecule has 0 unspecified atom stereocenters. The summed E-state index contributed by atoms with van der Waals surface area (Å²) in [6.45, 7) is 6.42. The molecule has 0 aliphatic carbocycles. The van der Waals surface area contributed by atoms with Crippen LogP contribution in [0.3, 0.4) is 0 Å². The van der Waals surface area contributed by atoms with Crippen molar-refractivity contribution in [3.05, 3.63) is 60.2 Å². The zero-order valence-electron chi connectivity index (χ0n) is 15.4. The van der Waals surface area contributed by atoms with Crippen LogP contribution in [0.15, 0.2) is 58.9 Å². The van der Waals surface area contributed by atoms with E-state index in [4.69, 9.17) is 0 Å². The summed E-state index contributed by atoms with van der Waals surface area (Å²) in [5.74, 6) is 0.221. The van der Waals surface area contributed by atoms with Crippen LogP contribution in [0, 0.1) is 0 Å². The number of benzene rings is 2. The fourth-order valence-corrected chi connectivity index (χ4v) is 5.62. The van der Waals surface area contributed by atoms with Crippen LogP contribution in [0.4, 0.5) is 0 Å². The number of hydrogen-bond donors (Lipinski definition) is 0. The second-order valence-electron chi connectivity index (χ2n) is 6.79. The first kappa shape index (κ1) is 18.5. The highest BCUT2D eigenvalue weighted by Gasteiger charge is 2.26. The van der Waals surface area contributed by atoms with Crippen LogP contribution in [0.25, 0.3) is 10.2 Å². The number of carbonyl (C=O) groups is 1. The fourth-order valence-electron chi connectivity index (χ4n) is 3.33. The number of fused-ring (bicyclic) bond motifs is 1. The molecule has 1 fully saturated rings. The van der Waals surface area contributed by atoms with Crippen LogP contribution < -0.4 is 0 Å². The van der Waals surface area contributed by atoms with Crippen LogP contribution in [0.2, 0.25) is 0 Å². The molecule has 0 radical (unpaired) electrons. The van der Waals surface area contributed by atoms with E-state index in [1.54, 1.807) is 23.1 Å². The molecule has 4 rings (SSSR count). The van der Waals surface area contributed by atoms with Gasteiger partial charge in [-0.25, -0.2) is 4.98 Å². The van der Waals surface area contributed by atoms with Crippen LogP contribution >= 0.6 is 23.1 Å². The standard InChI is InChI=1S/C21H23N3OS2/c1-16(26-21-22-18-9-5-6-10-19(18)27-21)20(25)24-13-11-23(12-14-24)15-17-7-3-2-4-8-17/h2-10,16H,11-15H2,1H3/t16-/m0/s1. The Morgan fingerprint density at radius 2 is 1.78 bits per heavy atom. The van der Waals surface area contributed by atoms with Gasteiger partial charge >= 0.3 is 0 Å². The molecule has 1 atom stereocenters. The molecular formula is C21H23N3OS2. The molecule has 140 valence electrons.